The summed E-state index contributed by atoms with van der Waals surface area (Å²) < 4.78 is 17.8. The molecule has 4 nitrogen and oxygen atoms in total. The molecule has 1 aromatic carbocycles. The Hall–Kier alpha value is -1.36. The van der Waals surface area contributed by atoms with Gasteiger partial charge < -0.3 is 4.74 Å². The second kappa shape index (κ2) is 4.23. The molecule has 0 atom stereocenters. The number of ether oxygens (including phenoxy) is 1. The Balaban J connectivity index is 3.32. The number of nitro benzene ring substituents is 1. The van der Waals surface area contributed by atoms with Crippen LogP contribution in [0.5, 0.6) is 5.75 Å². The van der Waals surface area contributed by atoms with E-state index in [1.807, 2.05) is 0 Å². The maximum atomic E-state index is 13.1. The fourth-order valence-electron chi connectivity index (χ4n) is 0.995. The first-order valence-corrected chi connectivity index (χ1v) is 4.20. The Morgan fingerprint density at radius 3 is 2.71 bits per heavy atom. The van der Waals surface area contributed by atoms with Gasteiger partial charge >= 0.3 is 5.69 Å². The molecule has 0 aliphatic heterocycles. The van der Waals surface area contributed by atoms with Crippen molar-refractivity contribution in [1.29, 1.82) is 0 Å². The van der Waals surface area contributed by atoms with Crippen LogP contribution < -0.4 is 4.74 Å². The standard InChI is InChI=1S/C8H7ClFNO3/c1-14-8-3-6(10)5(4-9)2-7(8)11(12)13/h2-3H,4H2,1H3. The van der Waals surface area contributed by atoms with Crippen molar-refractivity contribution in [3.63, 3.8) is 0 Å². The van der Waals surface area contributed by atoms with E-state index in [0.717, 1.165) is 12.1 Å². The quantitative estimate of drug-likeness (QED) is 0.446. The van der Waals surface area contributed by atoms with Crippen LogP contribution in [0.4, 0.5) is 10.1 Å². The molecule has 14 heavy (non-hydrogen) atoms. The van der Waals surface area contributed by atoms with E-state index < -0.39 is 10.7 Å². The molecule has 0 saturated carbocycles. The molecule has 0 unspecified atom stereocenters. The minimum Gasteiger partial charge on any atom is -0.490 e. The third kappa shape index (κ3) is 1.93. The number of methoxy groups -OCH3 is 1. The SMILES string of the molecule is COc1cc(F)c(CCl)cc1[N+](=O)[O-]. The minimum absolute atomic E-state index is 0.0826. The van der Waals surface area contributed by atoms with Crippen molar-refractivity contribution in [1.82, 2.24) is 0 Å². The van der Waals surface area contributed by atoms with Gasteiger partial charge in [-0.25, -0.2) is 4.39 Å². The van der Waals surface area contributed by atoms with Crippen LogP contribution in [0.2, 0.25) is 0 Å². The van der Waals surface area contributed by atoms with E-state index in [1.165, 1.54) is 7.11 Å². The molecule has 0 spiro atoms. The monoisotopic (exact) mass is 219 g/mol. The highest BCUT2D eigenvalue weighted by Crippen LogP contribution is 2.30. The van der Waals surface area contributed by atoms with Crippen molar-refractivity contribution in [2.24, 2.45) is 0 Å². The molecule has 0 fully saturated rings. The van der Waals surface area contributed by atoms with E-state index >= 15 is 0 Å². The summed E-state index contributed by atoms with van der Waals surface area (Å²) in [5, 5.41) is 10.5. The van der Waals surface area contributed by atoms with Crippen molar-refractivity contribution in [3.05, 3.63) is 33.6 Å². The highest BCUT2D eigenvalue weighted by Gasteiger charge is 2.18. The summed E-state index contributed by atoms with van der Waals surface area (Å²) in [4.78, 5) is 9.88. The second-order valence-electron chi connectivity index (χ2n) is 2.51. The molecule has 1 rings (SSSR count). The zero-order valence-corrected chi connectivity index (χ0v) is 8.05. The molecule has 0 bridgehead atoms. The second-order valence-corrected chi connectivity index (χ2v) is 2.77. The van der Waals surface area contributed by atoms with Crippen molar-refractivity contribution in [2.45, 2.75) is 5.88 Å². The molecular weight excluding hydrogens is 213 g/mol. The molecule has 0 aliphatic rings. The molecule has 0 aromatic heterocycles. The Morgan fingerprint density at radius 1 is 1.64 bits per heavy atom. The van der Waals surface area contributed by atoms with Gasteiger partial charge in [-0.1, -0.05) is 0 Å². The molecule has 0 aliphatic carbocycles. The van der Waals surface area contributed by atoms with E-state index in [2.05, 4.69) is 4.74 Å². The highest BCUT2D eigenvalue weighted by atomic mass is 35.5. The third-order valence-electron chi connectivity index (χ3n) is 1.69. The average Bonchev–Trinajstić information content (AvgIpc) is 2.16. The molecule has 0 saturated heterocycles. The summed E-state index contributed by atoms with van der Waals surface area (Å²) in [7, 11) is 1.24. The van der Waals surface area contributed by atoms with Crippen molar-refractivity contribution >= 4 is 17.3 Å². The molecule has 76 valence electrons. The van der Waals surface area contributed by atoms with Gasteiger partial charge in [0.25, 0.3) is 0 Å². The smallest absolute Gasteiger partial charge is 0.311 e. The van der Waals surface area contributed by atoms with Gasteiger partial charge in [0.15, 0.2) is 5.75 Å². The summed E-state index contributed by atoms with van der Waals surface area (Å²) >= 11 is 5.40. The zero-order valence-electron chi connectivity index (χ0n) is 7.29. The van der Waals surface area contributed by atoms with Crippen molar-refractivity contribution < 1.29 is 14.1 Å². The number of halogens is 2. The average molecular weight is 220 g/mol. The Kier molecular flexibility index (Phi) is 3.24. The molecule has 0 amide bonds. The first kappa shape index (κ1) is 10.7. The number of hydrogen-bond donors (Lipinski definition) is 0. The summed E-state index contributed by atoms with van der Waals surface area (Å²) in [6.45, 7) is 0. The van der Waals surface area contributed by atoms with E-state index in [-0.39, 0.29) is 22.9 Å². The van der Waals surface area contributed by atoms with Gasteiger partial charge in [-0.2, -0.15) is 0 Å². The van der Waals surface area contributed by atoms with E-state index in [1.54, 1.807) is 0 Å². The summed E-state index contributed by atoms with van der Waals surface area (Å²) in [6.07, 6.45) is 0. The molecule has 0 heterocycles. The van der Waals surface area contributed by atoms with Gasteiger partial charge in [0.2, 0.25) is 0 Å². The maximum Gasteiger partial charge on any atom is 0.311 e. The molecule has 0 radical (unpaired) electrons. The Labute approximate surface area is 84.4 Å². The zero-order chi connectivity index (χ0) is 10.7. The number of alkyl halides is 1. The van der Waals surface area contributed by atoms with Crippen LogP contribution in [0, 0.1) is 15.9 Å². The number of hydrogen-bond acceptors (Lipinski definition) is 3. The van der Waals surface area contributed by atoms with Gasteiger partial charge in [-0.15, -0.1) is 11.6 Å². The van der Waals surface area contributed by atoms with Gasteiger partial charge in [0, 0.05) is 17.7 Å². The lowest BCUT2D eigenvalue weighted by molar-refractivity contribution is -0.385. The van der Waals surface area contributed by atoms with Gasteiger partial charge in [-0.05, 0) is 0 Å². The van der Waals surface area contributed by atoms with Crippen molar-refractivity contribution in [3.8, 4) is 5.75 Å². The minimum atomic E-state index is -0.645. The molecule has 1 aromatic rings. The van der Waals surface area contributed by atoms with Crippen LogP contribution in [-0.2, 0) is 5.88 Å². The van der Waals surface area contributed by atoms with Crippen LogP contribution >= 0.6 is 11.6 Å². The van der Waals surface area contributed by atoms with Crippen LogP contribution in [0.1, 0.15) is 5.56 Å². The number of benzene rings is 1. The topological polar surface area (TPSA) is 52.4 Å². The molecule has 0 N–H and O–H groups in total. The number of rotatable bonds is 3. The van der Waals surface area contributed by atoms with Gasteiger partial charge in [0.1, 0.15) is 5.82 Å². The van der Waals surface area contributed by atoms with Crippen LogP contribution in [0.15, 0.2) is 12.1 Å². The van der Waals surface area contributed by atoms with E-state index in [4.69, 9.17) is 11.6 Å². The first-order chi connectivity index (χ1) is 6.60. The van der Waals surface area contributed by atoms with Crippen molar-refractivity contribution in [2.75, 3.05) is 7.11 Å². The third-order valence-corrected chi connectivity index (χ3v) is 1.98. The summed E-state index contributed by atoms with van der Waals surface area (Å²) in [5.74, 6) is -0.833. The maximum absolute atomic E-state index is 13.1. The Bertz CT molecular complexity index is 370. The predicted octanol–water partition coefficient (Wildman–Crippen LogP) is 2.48. The lowest BCUT2D eigenvalue weighted by Crippen LogP contribution is -1.97. The number of nitro groups is 1. The first-order valence-electron chi connectivity index (χ1n) is 3.67. The predicted molar refractivity (Wildman–Crippen MR) is 49.2 cm³/mol. The summed E-state index contributed by atoms with van der Waals surface area (Å²) in [6, 6.07) is 2.02. The van der Waals surface area contributed by atoms with Crippen LogP contribution in [-0.4, -0.2) is 12.0 Å². The normalized spacial score (nSPS) is 9.93. The lowest BCUT2D eigenvalue weighted by Gasteiger charge is -2.04. The fraction of sp³-hybridized carbons (Fsp3) is 0.250. The fourth-order valence-corrected chi connectivity index (χ4v) is 1.20. The largest absolute Gasteiger partial charge is 0.490 e. The van der Waals surface area contributed by atoms with Gasteiger partial charge in [-0.3, -0.25) is 10.1 Å². The number of nitrogens with zero attached hydrogens (tertiary/aromatic N) is 1. The molecular formula is C8H7ClFNO3. The Morgan fingerprint density at radius 2 is 2.29 bits per heavy atom. The van der Waals surface area contributed by atoms with Gasteiger partial charge in [0.05, 0.1) is 17.9 Å². The van der Waals surface area contributed by atoms with E-state index in [9.17, 15) is 14.5 Å². The van der Waals surface area contributed by atoms with Crippen LogP contribution in [0.3, 0.4) is 0 Å². The summed E-state index contributed by atoms with van der Waals surface area (Å²) in [5.41, 5.74) is -0.205. The molecule has 6 heteroatoms. The highest BCUT2D eigenvalue weighted by molar-refractivity contribution is 6.17. The van der Waals surface area contributed by atoms with E-state index in [0.29, 0.717) is 0 Å². The van der Waals surface area contributed by atoms with Crippen LogP contribution in [0.25, 0.3) is 0 Å². The lowest BCUT2D eigenvalue weighted by atomic mass is 10.2.